The summed E-state index contributed by atoms with van der Waals surface area (Å²) in [5, 5.41) is 0. The van der Waals surface area contributed by atoms with E-state index in [1.165, 1.54) is 0 Å². The van der Waals surface area contributed by atoms with Crippen molar-refractivity contribution in [1.82, 2.24) is 4.90 Å². The second kappa shape index (κ2) is 6.66. The van der Waals surface area contributed by atoms with E-state index in [-0.39, 0.29) is 5.78 Å². The Morgan fingerprint density at radius 1 is 1.28 bits per heavy atom. The molecule has 98 valence electrons. The molecule has 1 aromatic rings. The second-order valence-electron chi connectivity index (χ2n) is 5.04. The minimum atomic E-state index is 0.199. The van der Waals surface area contributed by atoms with Crippen LogP contribution in [0.25, 0.3) is 0 Å². The first-order valence-electron chi connectivity index (χ1n) is 6.60. The van der Waals surface area contributed by atoms with Crippen molar-refractivity contribution in [3.05, 3.63) is 35.9 Å². The number of carbonyl (C=O) groups is 1. The summed E-state index contributed by atoms with van der Waals surface area (Å²) < 4.78 is 5.35. The van der Waals surface area contributed by atoms with Crippen LogP contribution in [0.4, 0.5) is 0 Å². The Morgan fingerprint density at radius 2 is 1.94 bits per heavy atom. The Hall–Kier alpha value is -1.19. The molecule has 0 unspecified atom stereocenters. The Bertz CT molecular complexity index is 371. The Kier molecular flexibility index (Phi) is 4.90. The highest BCUT2D eigenvalue weighted by atomic mass is 16.5. The molecule has 0 amide bonds. The van der Waals surface area contributed by atoms with Gasteiger partial charge in [0.2, 0.25) is 0 Å². The van der Waals surface area contributed by atoms with Crippen LogP contribution in [-0.4, -0.2) is 44.0 Å². The van der Waals surface area contributed by atoms with Gasteiger partial charge in [0.15, 0.2) is 5.78 Å². The maximum Gasteiger partial charge on any atom is 0.176 e. The quantitative estimate of drug-likeness (QED) is 0.747. The van der Waals surface area contributed by atoms with Gasteiger partial charge in [-0.3, -0.25) is 9.69 Å². The van der Waals surface area contributed by atoms with Crippen LogP contribution in [0.15, 0.2) is 30.3 Å². The van der Waals surface area contributed by atoms with Gasteiger partial charge in [-0.15, -0.1) is 0 Å². The standard InChI is InChI=1S/C15H21NO2/c1-16(11-13-7-9-18-10-8-13)12-15(17)14-5-3-2-4-6-14/h2-6,13H,7-12H2,1H3. The zero-order valence-electron chi connectivity index (χ0n) is 11.0. The highest BCUT2D eigenvalue weighted by Crippen LogP contribution is 2.15. The molecule has 2 rings (SSSR count). The summed E-state index contributed by atoms with van der Waals surface area (Å²) in [7, 11) is 2.02. The Labute approximate surface area is 109 Å². The van der Waals surface area contributed by atoms with Crippen LogP contribution in [0.2, 0.25) is 0 Å². The lowest BCUT2D eigenvalue weighted by molar-refractivity contribution is 0.0549. The average Bonchev–Trinajstić information content (AvgIpc) is 2.40. The third-order valence-electron chi connectivity index (χ3n) is 3.42. The number of nitrogens with zero attached hydrogens (tertiary/aromatic N) is 1. The van der Waals surface area contributed by atoms with Crippen molar-refractivity contribution in [2.75, 3.05) is 33.4 Å². The van der Waals surface area contributed by atoms with Crippen molar-refractivity contribution >= 4 is 5.78 Å². The third kappa shape index (κ3) is 3.93. The molecule has 1 aliphatic heterocycles. The van der Waals surface area contributed by atoms with Crippen molar-refractivity contribution in [2.24, 2.45) is 5.92 Å². The van der Waals surface area contributed by atoms with Crippen LogP contribution in [0.3, 0.4) is 0 Å². The lowest BCUT2D eigenvalue weighted by atomic mass is 9.99. The number of rotatable bonds is 5. The van der Waals surface area contributed by atoms with Crippen LogP contribution in [0, 0.1) is 5.92 Å². The first kappa shape index (κ1) is 13.2. The summed E-state index contributed by atoms with van der Waals surface area (Å²) in [6, 6.07) is 9.51. The molecule has 1 saturated heterocycles. The van der Waals surface area contributed by atoms with E-state index in [1.807, 2.05) is 37.4 Å². The van der Waals surface area contributed by atoms with E-state index in [0.29, 0.717) is 12.5 Å². The average molecular weight is 247 g/mol. The number of hydrogen-bond donors (Lipinski definition) is 0. The summed E-state index contributed by atoms with van der Waals surface area (Å²) in [5.74, 6) is 0.873. The summed E-state index contributed by atoms with van der Waals surface area (Å²) in [4.78, 5) is 14.2. The zero-order chi connectivity index (χ0) is 12.8. The third-order valence-corrected chi connectivity index (χ3v) is 3.42. The number of benzene rings is 1. The van der Waals surface area contributed by atoms with Crippen molar-refractivity contribution in [3.63, 3.8) is 0 Å². The molecule has 0 radical (unpaired) electrons. The maximum atomic E-state index is 12.0. The van der Waals surface area contributed by atoms with Crippen LogP contribution in [0.5, 0.6) is 0 Å². The molecule has 1 aliphatic rings. The van der Waals surface area contributed by atoms with Crippen molar-refractivity contribution in [3.8, 4) is 0 Å². The maximum absolute atomic E-state index is 12.0. The smallest absolute Gasteiger partial charge is 0.176 e. The van der Waals surface area contributed by atoms with Crippen molar-refractivity contribution in [2.45, 2.75) is 12.8 Å². The monoisotopic (exact) mass is 247 g/mol. The fourth-order valence-electron chi connectivity index (χ4n) is 2.39. The molecular formula is C15H21NO2. The first-order valence-corrected chi connectivity index (χ1v) is 6.60. The van der Waals surface area contributed by atoms with E-state index < -0.39 is 0 Å². The van der Waals surface area contributed by atoms with Crippen LogP contribution in [-0.2, 0) is 4.74 Å². The van der Waals surface area contributed by atoms with Gasteiger partial charge in [0.25, 0.3) is 0 Å². The van der Waals surface area contributed by atoms with Crippen molar-refractivity contribution in [1.29, 1.82) is 0 Å². The largest absolute Gasteiger partial charge is 0.381 e. The molecule has 0 bridgehead atoms. The van der Waals surface area contributed by atoms with E-state index >= 15 is 0 Å². The van der Waals surface area contributed by atoms with Crippen LogP contribution < -0.4 is 0 Å². The van der Waals surface area contributed by atoms with Crippen molar-refractivity contribution < 1.29 is 9.53 Å². The van der Waals surface area contributed by atoms with Gasteiger partial charge in [0, 0.05) is 25.3 Å². The molecule has 3 heteroatoms. The van der Waals surface area contributed by atoms with E-state index in [4.69, 9.17) is 4.74 Å². The minimum Gasteiger partial charge on any atom is -0.381 e. The number of hydrogen-bond acceptors (Lipinski definition) is 3. The normalized spacial score (nSPS) is 17.0. The van der Waals surface area contributed by atoms with Crippen LogP contribution >= 0.6 is 0 Å². The highest BCUT2D eigenvalue weighted by Gasteiger charge is 2.17. The van der Waals surface area contributed by atoms with E-state index in [1.54, 1.807) is 0 Å². The van der Waals surface area contributed by atoms with Gasteiger partial charge in [0.1, 0.15) is 0 Å². The van der Waals surface area contributed by atoms with Gasteiger partial charge in [-0.25, -0.2) is 0 Å². The molecule has 0 aliphatic carbocycles. The number of carbonyl (C=O) groups excluding carboxylic acids is 1. The van der Waals surface area contributed by atoms with E-state index in [0.717, 1.165) is 38.2 Å². The second-order valence-corrected chi connectivity index (χ2v) is 5.04. The molecule has 1 aromatic carbocycles. The Morgan fingerprint density at radius 3 is 2.61 bits per heavy atom. The zero-order valence-corrected chi connectivity index (χ0v) is 11.0. The summed E-state index contributed by atoms with van der Waals surface area (Å²) in [5.41, 5.74) is 0.802. The lowest BCUT2D eigenvalue weighted by Crippen LogP contribution is -2.33. The number of ether oxygens (including phenoxy) is 1. The predicted molar refractivity (Wildman–Crippen MR) is 71.8 cm³/mol. The fourth-order valence-corrected chi connectivity index (χ4v) is 2.39. The molecule has 0 aromatic heterocycles. The summed E-state index contributed by atoms with van der Waals surface area (Å²) in [6.07, 6.45) is 2.23. The molecule has 1 heterocycles. The number of likely N-dealkylation sites (N-methyl/N-ethyl adjacent to an activating group) is 1. The lowest BCUT2D eigenvalue weighted by Gasteiger charge is -2.26. The molecule has 1 fully saturated rings. The molecule has 0 N–H and O–H groups in total. The molecular weight excluding hydrogens is 226 g/mol. The predicted octanol–water partition coefficient (Wildman–Crippen LogP) is 2.23. The van der Waals surface area contributed by atoms with E-state index in [9.17, 15) is 4.79 Å². The summed E-state index contributed by atoms with van der Waals surface area (Å²) in [6.45, 7) is 3.22. The molecule has 0 atom stereocenters. The van der Waals surface area contributed by atoms with Gasteiger partial charge in [-0.05, 0) is 25.8 Å². The minimum absolute atomic E-state index is 0.199. The van der Waals surface area contributed by atoms with Gasteiger partial charge >= 0.3 is 0 Å². The molecule has 3 nitrogen and oxygen atoms in total. The molecule has 18 heavy (non-hydrogen) atoms. The fraction of sp³-hybridized carbons (Fsp3) is 0.533. The first-order chi connectivity index (χ1) is 8.75. The van der Waals surface area contributed by atoms with Gasteiger partial charge in [-0.1, -0.05) is 30.3 Å². The van der Waals surface area contributed by atoms with E-state index in [2.05, 4.69) is 4.90 Å². The number of ketones is 1. The van der Waals surface area contributed by atoms with Gasteiger partial charge in [0.05, 0.1) is 6.54 Å². The topological polar surface area (TPSA) is 29.5 Å². The Balaban J connectivity index is 1.80. The molecule has 0 spiro atoms. The highest BCUT2D eigenvalue weighted by molar-refractivity contribution is 5.97. The number of Topliss-reactive ketones (excluding diaryl/α,β-unsaturated/α-hetero) is 1. The summed E-state index contributed by atoms with van der Waals surface area (Å²) >= 11 is 0. The van der Waals surface area contributed by atoms with Gasteiger partial charge < -0.3 is 4.74 Å². The van der Waals surface area contributed by atoms with Gasteiger partial charge in [-0.2, -0.15) is 0 Å². The molecule has 0 saturated carbocycles. The SMILES string of the molecule is CN(CC(=O)c1ccccc1)CC1CCOCC1. The van der Waals surface area contributed by atoms with Crippen LogP contribution in [0.1, 0.15) is 23.2 Å².